The van der Waals surface area contributed by atoms with Crippen molar-refractivity contribution in [1.82, 2.24) is 10.2 Å². The molecule has 1 aromatic rings. The summed E-state index contributed by atoms with van der Waals surface area (Å²) in [6, 6.07) is 12.5. The maximum atomic E-state index is 3.56. The van der Waals surface area contributed by atoms with Crippen molar-refractivity contribution in [3.05, 3.63) is 35.9 Å². The summed E-state index contributed by atoms with van der Waals surface area (Å²) in [5.74, 6) is 0.863. The Hall–Kier alpha value is -0.860. The van der Waals surface area contributed by atoms with E-state index in [1.165, 1.54) is 57.3 Å². The van der Waals surface area contributed by atoms with Crippen LogP contribution in [-0.2, 0) is 6.42 Å². The molecular formula is C18H28N2. The minimum absolute atomic E-state index is 0.673. The quantitative estimate of drug-likeness (QED) is 0.856. The third kappa shape index (κ3) is 3.83. The van der Waals surface area contributed by atoms with E-state index >= 15 is 0 Å². The zero-order valence-corrected chi connectivity index (χ0v) is 12.7. The average molecular weight is 272 g/mol. The first-order chi connectivity index (χ1) is 9.83. The van der Waals surface area contributed by atoms with Gasteiger partial charge in [-0.25, -0.2) is 0 Å². The van der Waals surface area contributed by atoms with Gasteiger partial charge in [0.15, 0.2) is 0 Å². The normalized spacial score (nSPS) is 24.8. The molecule has 1 aliphatic carbocycles. The summed E-state index contributed by atoms with van der Waals surface area (Å²) < 4.78 is 0. The van der Waals surface area contributed by atoms with E-state index in [-0.39, 0.29) is 0 Å². The molecule has 2 unspecified atom stereocenters. The van der Waals surface area contributed by atoms with Gasteiger partial charge in [0.1, 0.15) is 0 Å². The first-order valence-corrected chi connectivity index (χ1v) is 8.33. The molecule has 110 valence electrons. The Labute approximate surface area is 123 Å². The van der Waals surface area contributed by atoms with Crippen LogP contribution in [0.1, 0.15) is 38.2 Å². The van der Waals surface area contributed by atoms with Gasteiger partial charge in [-0.2, -0.15) is 0 Å². The van der Waals surface area contributed by atoms with Crippen molar-refractivity contribution in [2.75, 3.05) is 19.6 Å². The van der Waals surface area contributed by atoms with Gasteiger partial charge in [0.2, 0.25) is 0 Å². The Morgan fingerprint density at radius 3 is 2.65 bits per heavy atom. The highest BCUT2D eigenvalue weighted by Gasteiger charge is 2.33. The SMILES string of the molecule is CC(Cc1ccccc1)N(CC1CCCNC1)C1CC1. The second kappa shape index (κ2) is 6.73. The lowest BCUT2D eigenvalue weighted by Crippen LogP contribution is -2.43. The Morgan fingerprint density at radius 1 is 1.20 bits per heavy atom. The predicted octanol–water partition coefficient (Wildman–Crippen LogP) is 3.08. The van der Waals surface area contributed by atoms with Crippen LogP contribution in [0.25, 0.3) is 0 Å². The van der Waals surface area contributed by atoms with E-state index in [9.17, 15) is 0 Å². The highest BCUT2D eigenvalue weighted by atomic mass is 15.2. The monoisotopic (exact) mass is 272 g/mol. The molecule has 2 fully saturated rings. The number of benzene rings is 1. The van der Waals surface area contributed by atoms with Crippen molar-refractivity contribution in [3.8, 4) is 0 Å². The molecular weight excluding hydrogens is 244 g/mol. The fourth-order valence-corrected chi connectivity index (χ4v) is 3.55. The molecule has 2 atom stereocenters. The van der Waals surface area contributed by atoms with Crippen LogP contribution < -0.4 is 5.32 Å². The minimum Gasteiger partial charge on any atom is -0.316 e. The van der Waals surface area contributed by atoms with Crippen molar-refractivity contribution in [3.63, 3.8) is 0 Å². The Kier molecular flexibility index (Phi) is 4.74. The molecule has 1 saturated carbocycles. The molecule has 0 spiro atoms. The molecule has 1 aliphatic heterocycles. The average Bonchev–Trinajstić information content (AvgIpc) is 3.31. The molecule has 2 aliphatic rings. The first kappa shape index (κ1) is 14.1. The van der Waals surface area contributed by atoms with Crippen molar-refractivity contribution >= 4 is 0 Å². The largest absolute Gasteiger partial charge is 0.316 e. The van der Waals surface area contributed by atoms with Crippen LogP contribution in [0.15, 0.2) is 30.3 Å². The van der Waals surface area contributed by atoms with Crippen LogP contribution >= 0.6 is 0 Å². The van der Waals surface area contributed by atoms with Crippen LogP contribution in [0.2, 0.25) is 0 Å². The van der Waals surface area contributed by atoms with Crippen LogP contribution in [-0.4, -0.2) is 36.6 Å². The van der Waals surface area contributed by atoms with Gasteiger partial charge in [0, 0.05) is 18.6 Å². The van der Waals surface area contributed by atoms with Crippen LogP contribution in [0.3, 0.4) is 0 Å². The predicted molar refractivity (Wildman–Crippen MR) is 84.9 cm³/mol. The summed E-state index contributed by atoms with van der Waals surface area (Å²) in [6.45, 7) is 6.16. The Balaban J connectivity index is 1.58. The van der Waals surface area contributed by atoms with Crippen LogP contribution in [0.4, 0.5) is 0 Å². The van der Waals surface area contributed by atoms with Crippen molar-refractivity contribution < 1.29 is 0 Å². The number of nitrogens with zero attached hydrogens (tertiary/aromatic N) is 1. The topological polar surface area (TPSA) is 15.3 Å². The summed E-state index contributed by atoms with van der Waals surface area (Å²) in [7, 11) is 0. The maximum absolute atomic E-state index is 3.56. The van der Waals surface area contributed by atoms with Crippen molar-refractivity contribution in [1.29, 1.82) is 0 Å². The van der Waals surface area contributed by atoms with Gasteiger partial charge in [0.25, 0.3) is 0 Å². The lowest BCUT2D eigenvalue weighted by Gasteiger charge is -2.34. The molecule has 2 nitrogen and oxygen atoms in total. The van der Waals surface area contributed by atoms with Crippen LogP contribution in [0, 0.1) is 5.92 Å². The van der Waals surface area contributed by atoms with E-state index in [4.69, 9.17) is 0 Å². The molecule has 20 heavy (non-hydrogen) atoms. The van der Waals surface area contributed by atoms with Gasteiger partial charge < -0.3 is 5.32 Å². The Morgan fingerprint density at radius 2 is 2.00 bits per heavy atom. The smallest absolute Gasteiger partial charge is 0.0110 e. The molecule has 1 heterocycles. The molecule has 1 saturated heterocycles. The summed E-state index contributed by atoms with van der Waals surface area (Å²) in [6.07, 6.45) is 6.79. The minimum atomic E-state index is 0.673. The molecule has 1 aromatic carbocycles. The Bertz CT molecular complexity index is 393. The fourth-order valence-electron chi connectivity index (χ4n) is 3.55. The van der Waals surface area contributed by atoms with E-state index < -0.39 is 0 Å². The van der Waals surface area contributed by atoms with E-state index in [1.807, 2.05) is 0 Å². The summed E-state index contributed by atoms with van der Waals surface area (Å²) in [5, 5.41) is 3.56. The fraction of sp³-hybridized carbons (Fsp3) is 0.667. The zero-order valence-electron chi connectivity index (χ0n) is 12.7. The number of hydrogen-bond donors (Lipinski definition) is 1. The van der Waals surface area contributed by atoms with Gasteiger partial charge in [-0.15, -0.1) is 0 Å². The molecule has 0 amide bonds. The number of piperidine rings is 1. The number of hydrogen-bond acceptors (Lipinski definition) is 2. The second-order valence-electron chi connectivity index (χ2n) is 6.68. The van der Waals surface area contributed by atoms with E-state index in [0.717, 1.165) is 12.0 Å². The highest BCUT2D eigenvalue weighted by molar-refractivity contribution is 5.16. The molecule has 3 rings (SSSR count). The van der Waals surface area contributed by atoms with Gasteiger partial charge in [-0.3, -0.25) is 4.90 Å². The van der Waals surface area contributed by atoms with Gasteiger partial charge in [0.05, 0.1) is 0 Å². The van der Waals surface area contributed by atoms with Crippen LogP contribution in [0.5, 0.6) is 0 Å². The summed E-state index contributed by atoms with van der Waals surface area (Å²) in [4.78, 5) is 2.80. The molecule has 2 heteroatoms. The number of nitrogens with one attached hydrogen (secondary N) is 1. The second-order valence-corrected chi connectivity index (χ2v) is 6.68. The first-order valence-electron chi connectivity index (χ1n) is 8.33. The third-order valence-corrected chi connectivity index (χ3v) is 4.82. The van der Waals surface area contributed by atoms with E-state index in [2.05, 4.69) is 47.5 Å². The lowest BCUT2D eigenvalue weighted by atomic mass is 9.97. The number of rotatable bonds is 6. The standard InChI is InChI=1S/C18H28N2/c1-15(12-16-6-3-2-4-7-16)20(18-9-10-18)14-17-8-5-11-19-13-17/h2-4,6-7,15,17-19H,5,8-14H2,1H3. The van der Waals surface area contributed by atoms with Gasteiger partial charge >= 0.3 is 0 Å². The third-order valence-electron chi connectivity index (χ3n) is 4.82. The summed E-state index contributed by atoms with van der Waals surface area (Å²) in [5.41, 5.74) is 1.48. The lowest BCUT2D eigenvalue weighted by molar-refractivity contribution is 0.153. The van der Waals surface area contributed by atoms with E-state index in [0.29, 0.717) is 6.04 Å². The van der Waals surface area contributed by atoms with Gasteiger partial charge in [-0.05, 0) is 63.6 Å². The molecule has 0 radical (unpaired) electrons. The highest BCUT2D eigenvalue weighted by Crippen LogP contribution is 2.31. The van der Waals surface area contributed by atoms with Crippen molar-refractivity contribution in [2.45, 2.75) is 51.1 Å². The van der Waals surface area contributed by atoms with Crippen molar-refractivity contribution in [2.24, 2.45) is 5.92 Å². The maximum Gasteiger partial charge on any atom is 0.0110 e. The zero-order chi connectivity index (χ0) is 13.8. The molecule has 1 N–H and O–H groups in total. The molecule has 0 aromatic heterocycles. The summed E-state index contributed by atoms with van der Waals surface area (Å²) >= 11 is 0. The van der Waals surface area contributed by atoms with Gasteiger partial charge in [-0.1, -0.05) is 30.3 Å². The molecule has 0 bridgehead atoms. The van der Waals surface area contributed by atoms with E-state index in [1.54, 1.807) is 0 Å².